The van der Waals surface area contributed by atoms with Crippen molar-refractivity contribution in [3.63, 3.8) is 0 Å². The molecule has 0 saturated heterocycles. The Morgan fingerprint density at radius 1 is 1.00 bits per heavy atom. The minimum atomic E-state index is -0.778. The van der Waals surface area contributed by atoms with Crippen LogP contribution in [-0.2, 0) is 0 Å². The first-order chi connectivity index (χ1) is 7.68. The van der Waals surface area contributed by atoms with Gasteiger partial charge in [-0.25, -0.2) is 4.39 Å². The van der Waals surface area contributed by atoms with E-state index in [1.165, 1.54) is 18.2 Å². The lowest BCUT2D eigenvalue weighted by Crippen LogP contribution is -1.99. The molecule has 2 aromatic carbocycles. The molecule has 0 radical (unpaired) electrons. The summed E-state index contributed by atoms with van der Waals surface area (Å²) in [5.74, 6) is -0.481. The van der Waals surface area contributed by atoms with Crippen molar-refractivity contribution in [2.75, 3.05) is 0 Å². The van der Waals surface area contributed by atoms with Crippen molar-refractivity contribution in [3.8, 4) is 0 Å². The third kappa shape index (κ3) is 2.23. The van der Waals surface area contributed by atoms with Crippen molar-refractivity contribution in [3.05, 3.63) is 70.5 Å². The van der Waals surface area contributed by atoms with E-state index < -0.39 is 11.9 Å². The molecule has 0 heterocycles. The molecule has 0 bridgehead atoms. The fourth-order valence-corrected chi connectivity index (χ4v) is 1.70. The molecule has 1 N–H and O–H groups in total. The van der Waals surface area contributed by atoms with Gasteiger partial charge in [-0.15, -0.1) is 0 Å². The maximum Gasteiger partial charge on any atom is 0.141 e. The summed E-state index contributed by atoms with van der Waals surface area (Å²) < 4.78 is 13.0. The summed E-state index contributed by atoms with van der Waals surface area (Å²) in [6.45, 7) is 0. The zero-order valence-corrected chi connectivity index (χ0v) is 9.16. The molecule has 2 rings (SSSR count). The van der Waals surface area contributed by atoms with Gasteiger partial charge in [-0.3, -0.25) is 0 Å². The Kier molecular flexibility index (Phi) is 3.22. The van der Waals surface area contributed by atoms with Gasteiger partial charge in [-0.2, -0.15) is 0 Å². The molecule has 1 nitrogen and oxygen atoms in total. The van der Waals surface area contributed by atoms with Gasteiger partial charge in [-0.1, -0.05) is 48.0 Å². The first kappa shape index (κ1) is 11.1. The van der Waals surface area contributed by atoms with Gasteiger partial charge < -0.3 is 5.11 Å². The fourth-order valence-electron chi connectivity index (χ4n) is 1.51. The molecular formula is C13H10ClFO. The zero-order chi connectivity index (χ0) is 11.5. The number of hydrogen-bond acceptors (Lipinski definition) is 1. The van der Waals surface area contributed by atoms with Crippen molar-refractivity contribution >= 4 is 11.6 Å². The summed E-state index contributed by atoms with van der Waals surface area (Å²) in [5, 5.41) is 10.0. The van der Waals surface area contributed by atoms with E-state index in [1.54, 1.807) is 0 Å². The minimum absolute atomic E-state index is 0.0208. The molecule has 0 aliphatic heterocycles. The normalized spacial score (nSPS) is 12.4. The quantitative estimate of drug-likeness (QED) is 0.845. The lowest BCUT2D eigenvalue weighted by Gasteiger charge is -2.11. The highest BCUT2D eigenvalue weighted by Gasteiger charge is 2.11. The van der Waals surface area contributed by atoms with Crippen LogP contribution in [0.3, 0.4) is 0 Å². The van der Waals surface area contributed by atoms with Crippen molar-refractivity contribution in [1.82, 2.24) is 0 Å². The minimum Gasteiger partial charge on any atom is -0.384 e. The van der Waals surface area contributed by atoms with Crippen LogP contribution >= 0.6 is 11.6 Å². The average molecular weight is 237 g/mol. The SMILES string of the molecule is O[C@@H](c1ccccc1)c1ccc(F)c(Cl)c1. The summed E-state index contributed by atoms with van der Waals surface area (Å²) in [5.41, 5.74) is 1.34. The summed E-state index contributed by atoms with van der Waals surface area (Å²) in [7, 11) is 0. The topological polar surface area (TPSA) is 20.2 Å². The molecule has 3 heteroatoms. The fraction of sp³-hybridized carbons (Fsp3) is 0.0769. The Labute approximate surface area is 98.1 Å². The molecule has 0 spiro atoms. The number of rotatable bonds is 2. The van der Waals surface area contributed by atoms with Crippen LogP contribution in [0.25, 0.3) is 0 Å². The second kappa shape index (κ2) is 4.64. The Hall–Kier alpha value is -1.38. The Morgan fingerprint density at radius 3 is 2.31 bits per heavy atom. The maximum atomic E-state index is 13.0. The lowest BCUT2D eigenvalue weighted by atomic mass is 10.0. The van der Waals surface area contributed by atoms with Gasteiger partial charge in [-0.05, 0) is 23.3 Å². The van der Waals surface area contributed by atoms with Crippen molar-refractivity contribution in [1.29, 1.82) is 0 Å². The van der Waals surface area contributed by atoms with Gasteiger partial charge >= 0.3 is 0 Å². The third-order valence-electron chi connectivity index (χ3n) is 2.37. The molecule has 0 aromatic heterocycles. The monoisotopic (exact) mass is 236 g/mol. The van der Waals surface area contributed by atoms with E-state index in [0.29, 0.717) is 5.56 Å². The second-order valence-corrected chi connectivity index (χ2v) is 3.89. The zero-order valence-electron chi connectivity index (χ0n) is 8.40. The van der Waals surface area contributed by atoms with E-state index in [2.05, 4.69) is 0 Å². The third-order valence-corrected chi connectivity index (χ3v) is 2.66. The highest BCUT2D eigenvalue weighted by atomic mass is 35.5. The number of aliphatic hydroxyl groups is 1. The smallest absolute Gasteiger partial charge is 0.141 e. The Balaban J connectivity index is 2.34. The number of aliphatic hydroxyl groups excluding tert-OH is 1. The predicted molar refractivity (Wildman–Crippen MR) is 61.9 cm³/mol. The molecule has 0 unspecified atom stereocenters. The molecular weight excluding hydrogens is 227 g/mol. The molecule has 16 heavy (non-hydrogen) atoms. The van der Waals surface area contributed by atoms with E-state index in [0.717, 1.165) is 5.56 Å². The van der Waals surface area contributed by atoms with E-state index >= 15 is 0 Å². The molecule has 1 atom stereocenters. The van der Waals surface area contributed by atoms with Crippen LogP contribution in [0.4, 0.5) is 4.39 Å². The molecule has 0 saturated carbocycles. The summed E-state index contributed by atoms with van der Waals surface area (Å²) >= 11 is 5.66. The van der Waals surface area contributed by atoms with Gasteiger partial charge in [0.15, 0.2) is 0 Å². The van der Waals surface area contributed by atoms with Gasteiger partial charge in [0.1, 0.15) is 11.9 Å². The molecule has 0 aliphatic carbocycles. The maximum absolute atomic E-state index is 13.0. The summed E-state index contributed by atoms with van der Waals surface area (Å²) in [4.78, 5) is 0. The lowest BCUT2D eigenvalue weighted by molar-refractivity contribution is 0.220. The first-order valence-electron chi connectivity index (χ1n) is 4.86. The van der Waals surface area contributed by atoms with E-state index in [9.17, 15) is 9.50 Å². The summed E-state index contributed by atoms with van der Waals surface area (Å²) in [6.07, 6.45) is -0.778. The van der Waals surface area contributed by atoms with Gasteiger partial charge in [0, 0.05) is 0 Å². The van der Waals surface area contributed by atoms with Crippen LogP contribution in [0.2, 0.25) is 5.02 Å². The highest BCUT2D eigenvalue weighted by Crippen LogP contribution is 2.25. The standard InChI is InChI=1S/C13H10ClFO/c14-11-8-10(6-7-12(11)15)13(16)9-4-2-1-3-5-9/h1-8,13,16H/t13-/m0/s1. The molecule has 0 fully saturated rings. The van der Waals surface area contributed by atoms with Gasteiger partial charge in [0.2, 0.25) is 0 Å². The van der Waals surface area contributed by atoms with E-state index in [4.69, 9.17) is 11.6 Å². The molecule has 0 amide bonds. The van der Waals surface area contributed by atoms with E-state index in [1.807, 2.05) is 30.3 Å². The van der Waals surface area contributed by atoms with Crippen LogP contribution in [0.5, 0.6) is 0 Å². The van der Waals surface area contributed by atoms with Crippen molar-refractivity contribution in [2.45, 2.75) is 6.10 Å². The number of halogens is 2. The number of benzene rings is 2. The van der Waals surface area contributed by atoms with Gasteiger partial charge in [0.05, 0.1) is 5.02 Å². The van der Waals surface area contributed by atoms with E-state index in [-0.39, 0.29) is 5.02 Å². The molecule has 2 aromatic rings. The Morgan fingerprint density at radius 2 is 1.69 bits per heavy atom. The average Bonchev–Trinajstić information content (AvgIpc) is 2.33. The van der Waals surface area contributed by atoms with Crippen LogP contribution in [0, 0.1) is 5.82 Å². The van der Waals surface area contributed by atoms with Crippen LogP contribution in [0.15, 0.2) is 48.5 Å². The Bertz CT molecular complexity index is 485. The number of hydrogen-bond donors (Lipinski definition) is 1. The summed E-state index contributed by atoms with van der Waals surface area (Å²) in [6, 6.07) is 13.4. The highest BCUT2D eigenvalue weighted by molar-refractivity contribution is 6.30. The second-order valence-electron chi connectivity index (χ2n) is 3.49. The van der Waals surface area contributed by atoms with Crippen LogP contribution in [0.1, 0.15) is 17.2 Å². The molecule has 82 valence electrons. The van der Waals surface area contributed by atoms with Crippen LogP contribution < -0.4 is 0 Å². The van der Waals surface area contributed by atoms with Crippen molar-refractivity contribution < 1.29 is 9.50 Å². The first-order valence-corrected chi connectivity index (χ1v) is 5.24. The molecule has 0 aliphatic rings. The predicted octanol–water partition coefficient (Wildman–Crippen LogP) is 3.56. The van der Waals surface area contributed by atoms with Crippen molar-refractivity contribution in [2.24, 2.45) is 0 Å². The van der Waals surface area contributed by atoms with Gasteiger partial charge in [0.25, 0.3) is 0 Å². The van der Waals surface area contributed by atoms with Crippen LogP contribution in [-0.4, -0.2) is 5.11 Å². The largest absolute Gasteiger partial charge is 0.384 e.